The highest BCUT2D eigenvalue weighted by molar-refractivity contribution is 7.90. The first-order valence-corrected chi connectivity index (χ1v) is 12.0. The van der Waals surface area contributed by atoms with Gasteiger partial charge >= 0.3 is 0 Å². The Labute approximate surface area is 187 Å². The Balaban J connectivity index is 1.40. The van der Waals surface area contributed by atoms with Gasteiger partial charge in [-0.2, -0.15) is 5.26 Å². The van der Waals surface area contributed by atoms with Crippen molar-refractivity contribution in [1.82, 2.24) is 4.90 Å². The Morgan fingerprint density at radius 1 is 0.938 bits per heavy atom. The summed E-state index contributed by atoms with van der Waals surface area (Å²) >= 11 is 0. The van der Waals surface area contributed by atoms with Crippen LogP contribution in [0, 0.1) is 11.3 Å². The van der Waals surface area contributed by atoms with Crippen molar-refractivity contribution >= 4 is 21.4 Å². The minimum Gasteiger partial charge on any atom is -0.455 e. The van der Waals surface area contributed by atoms with Crippen LogP contribution in [0.3, 0.4) is 0 Å². The van der Waals surface area contributed by atoms with Crippen molar-refractivity contribution < 1.29 is 17.6 Å². The van der Waals surface area contributed by atoms with E-state index in [1.54, 1.807) is 59.5 Å². The van der Waals surface area contributed by atoms with Gasteiger partial charge in [-0.1, -0.05) is 18.2 Å². The fraction of sp³-hybridized carbons (Fsp3) is 0.250. The molecule has 1 amide bonds. The van der Waals surface area contributed by atoms with Crippen LogP contribution in [0.25, 0.3) is 0 Å². The Hall–Kier alpha value is -3.57. The third kappa shape index (κ3) is 4.84. The standard InChI is InChI=1S/C24H23N3O4S/c25-17-19-7-9-20(10-8-19)26-13-4-14-27(16-15-26)24(28)23-12-11-21(31-23)18-32(29,30)22-5-2-1-3-6-22/h1-3,5-12H,4,13-16,18H2. The first-order chi connectivity index (χ1) is 15.5. The van der Waals surface area contributed by atoms with Crippen molar-refractivity contribution in [2.75, 3.05) is 31.1 Å². The summed E-state index contributed by atoms with van der Waals surface area (Å²) in [6.07, 6.45) is 0.793. The van der Waals surface area contributed by atoms with Crippen LogP contribution in [0.1, 0.15) is 28.3 Å². The summed E-state index contributed by atoms with van der Waals surface area (Å²) in [6.45, 7) is 2.57. The number of furan rings is 1. The van der Waals surface area contributed by atoms with Crippen molar-refractivity contribution in [2.45, 2.75) is 17.1 Å². The summed E-state index contributed by atoms with van der Waals surface area (Å²) in [7, 11) is -3.54. The molecule has 2 aromatic carbocycles. The topological polar surface area (TPSA) is 94.6 Å². The highest BCUT2D eigenvalue weighted by Gasteiger charge is 2.24. The maximum atomic E-state index is 13.0. The van der Waals surface area contributed by atoms with Crippen molar-refractivity contribution in [3.05, 3.63) is 83.8 Å². The molecule has 0 atom stereocenters. The van der Waals surface area contributed by atoms with E-state index < -0.39 is 9.84 Å². The molecule has 4 rings (SSSR count). The van der Waals surface area contributed by atoms with E-state index in [9.17, 15) is 13.2 Å². The summed E-state index contributed by atoms with van der Waals surface area (Å²) in [5, 5.41) is 8.96. The fourth-order valence-corrected chi connectivity index (χ4v) is 5.02. The number of sulfone groups is 1. The van der Waals surface area contributed by atoms with Crippen molar-refractivity contribution in [2.24, 2.45) is 0 Å². The number of nitrogens with zero attached hydrogens (tertiary/aromatic N) is 3. The summed E-state index contributed by atoms with van der Waals surface area (Å²) in [6, 6.07) is 20.8. The van der Waals surface area contributed by atoms with Gasteiger partial charge in [0.1, 0.15) is 11.5 Å². The van der Waals surface area contributed by atoms with Crippen LogP contribution in [0.15, 0.2) is 76.0 Å². The molecule has 1 aliphatic heterocycles. The molecule has 1 fully saturated rings. The third-order valence-electron chi connectivity index (χ3n) is 5.45. The van der Waals surface area contributed by atoms with E-state index in [0.29, 0.717) is 25.2 Å². The predicted molar refractivity (Wildman–Crippen MR) is 120 cm³/mol. The smallest absolute Gasteiger partial charge is 0.289 e. The number of hydrogen-bond donors (Lipinski definition) is 0. The van der Waals surface area contributed by atoms with Crippen molar-refractivity contribution in [1.29, 1.82) is 5.26 Å². The molecular weight excluding hydrogens is 426 g/mol. The summed E-state index contributed by atoms with van der Waals surface area (Å²) in [5.41, 5.74) is 1.63. The number of hydrogen-bond acceptors (Lipinski definition) is 6. The summed E-state index contributed by atoms with van der Waals surface area (Å²) < 4.78 is 30.7. The van der Waals surface area contributed by atoms with E-state index in [4.69, 9.17) is 9.68 Å². The number of amides is 1. The average molecular weight is 450 g/mol. The van der Waals surface area contributed by atoms with Crippen LogP contribution < -0.4 is 4.90 Å². The molecule has 32 heavy (non-hydrogen) atoms. The van der Waals surface area contributed by atoms with Gasteiger partial charge in [-0.15, -0.1) is 0 Å². The van der Waals surface area contributed by atoms with Gasteiger partial charge in [-0.3, -0.25) is 4.79 Å². The van der Waals surface area contributed by atoms with Crippen LogP contribution in [0.2, 0.25) is 0 Å². The van der Waals surface area contributed by atoms with Crippen LogP contribution in [-0.2, 0) is 15.6 Å². The van der Waals surface area contributed by atoms with E-state index >= 15 is 0 Å². The van der Waals surface area contributed by atoms with Crippen LogP contribution in [0.4, 0.5) is 5.69 Å². The molecule has 0 unspecified atom stereocenters. The lowest BCUT2D eigenvalue weighted by Crippen LogP contribution is -2.35. The monoisotopic (exact) mass is 449 g/mol. The van der Waals surface area contributed by atoms with Crippen LogP contribution >= 0.6 is 0 Å². The first kappa shape index (κ1) is 21.7. The quantitative estimate of drug-likeness (QED) is 0.592. The highest BCUT2D eigenvalue weighted by Crippen LogP contribution is 2.21. The number of nitriles is 1. The molecule has 2 heterocycles. The minimum absolute atomic E-state index is 0.148. The Bertz CT molecular complexity index is 1230. The van der Waals surface area contributed by atoms with E-state index in [1.165, 1.54) is 0 Å². The molecule has 1 aliphatic rings. The maximum Gasteiger partial charge on any atom is 0.289 e. The molecule has 0 radical (unpaired) electrons. The second kappa shape index (κ2) is 9.28. The number of anilines is 1. The zero-order valence-electron chi connectivity index (χ0n) is 17.5. The van der Waals surface area contributed by atoms with Crippen molar-refractivity contribution in [3.63, 3.8) is 0 Å². The van der Waals surface area contributed by atoms with Gasteiger partial charge in [0, 0.05) is 31.9 Å². The Morgan fingerprint density at radius 2 is 1.69 bits per heavy atom. The SMILES string of the molecule is N#Cc1ccc(N2CCCN(C(=O)c3ccc(CS(=O)(=O)c4ccccc4)o3)CC2)cc1. The molecule has 0 saturated carbocycles. The van der Waals surface area contributed by atoms with E-state index in [0.717, 1.165) is 18.7 Å². The number of carbonyl (C=O) groups excluding carboxylic acids is 1. The molecule has 164 valence electrons. The molecule has 0 N–H and O–H groups in total. The second-order valence-corrected chi connectivity index (χ2v) is 9.62. The molecule has 0 spiro atoms. The van der Waals surface area contributed by atoms with Crippen LogP contribution in [0.5, 0.6) is 0 Å². The zero-order chi connectivity index (χ0) is 22.6. The molecule has 0 aliphatic carbocycles. The fourth-order valence-electron chi connectivity index (χ4n) is 3.75. The second-order valence-electron chi connectivity index (χ2n) is 7.63. The molecule has 7 nitrogen and oxygen atoms in total. The van der Waals surface area contributed by atoms with Gasteiger partial charge in [0.15, 0.2) is 15.6 Å². The van der Waals surface area contributed by atoms with E-state index in [2.05, 4.69) is 11.0 Å². The number of rotatable bonds is 5. The molecule has 0 bridgehead atoms. The average Bonchev–Trinajstić information content (AvgIpc) is 3.13. The third-order valence-corrected chi connectivity index (χ3v) is 7.11. The normalized spacial score (nSPS) is 14.6. The summed E-state index contributed by atoms with van der Waals surface area (Å²) in [4.78, 5) is 17.1. The van der Waals surface area contributed by atoms with Gasteiger partial charge in [-0.25, -0.2) is 8.42 Å². The largest absolute Gasteiger partial charge is 0.455 e. The lowest BCUT2D eigenvalue weighted by atomic mass is 10.2. The van der Waals surface area contributed by atoms with Gasteiger partial charge in [0.25, 0.3) is 5.91 Å². The van der Waals surface area contributed by atoms with Gasteiger partial charge in [0.05, 0.1) is 16.5 Å². The maximum absolute atomic E-state index is 13.0. The lowest BCUT2D eigenvalue weighted by Gasteiger charge is -2.23. The molecule has 1 aromatic heterocycles. The summed E-state index contributed by atoms with van der Waals surface area (Å²) in [5.74, 6) is -0.145. The predicted octanol–water partition coefficient (Wildman–Crippen LogP) is 3.48. The first-order valence-electron chi connectivity index (χ1n) is 10.4. The molecule has 3 aromatic rings. The van der Waals surface area contributed by atoms with Gasteiger partial charge < -0.3 is 14.2 Å². The molecule has 1 saturated heterocycles. The molecular formula is C24H23N3O4S. The van der Waals surface area contributed by atoms with Crippen molar-refractivity contribution in [3.8, 4) is 6.07 Å². The van der Waals surface area contributed by atoms with Gasteiger partial charge in [0.2, 0.25) is 0 Å². The Morgan fingerprint density at radius 3 is 2.41 bits per heavy atom. The Kier molecular flexibility index (Phi) is 6.28. The van der Waals surface area contributed by atoms with Gasteiger partial charge in [-0.05, 0) is 55.0 Å². The highest BCUT2D eigenvalue weighted by atomic mass is 32.2. The molecule has 8 heteroatoms. The van der Waals surface area contributed by atoms with E-state index in [1.807, 2.05) is 12.1 Å². The van der Waals surface area contributed by atoms with E-state index in [-0.39, 0.29) is 28.1 Å². The minimum atomic E-state index is -3.54. The number of benzene rings is 2. The zero-order valence-corrected chi connectivity index (χ0v) is 18.3. The lowest BCUT2D eigenvalue weighted by molar-refractivity contribution is 0.0733. The van der Waals surface area contributed by atoms with Crippen LogP contribution in [-0.4, -0.2) is 45.4 Å². The number of carbonyl (C=O) groups is 1.